The number of hydrogen-bond acceptors (Lipinski definition) is 1. The van der Waals surface area contributed by atoms with E-state index in [2.05, 4.69) is 62.9 Å². The Kier molecular flexibility index (Phi) is 2.97. The van der Waals surface area contributed by atoms with E-state index in [0.717, 1.165) is 11.0 Å². The second kappa shape index (κ2) is 4.46. The zero-order chi connectivity index (χ0) is 11.8. The van der Waals surface area contributed by atoms with E-state index in [4.69, 9.17) is 0 Å². The molecule has 17 heavy (non-hydrogen) atoms. The molecule has 0 spiro atoms. The minimum Gasteiger partial charge on any atom is -0.346 e. The van der Waals surface area contributed by atoms with E-state index in [9.17, 15) is 0 Å². The second-order valence-corrected chi connectivity index (χ2v) is 5.86. The Bertz CT molecular complexity index is 532. The maximum Gasteiger partial charge on any atom is 0.0492 e. The van der Waals surface area contributed by atoms with Gasteiger partial charge in [-0.1, -0.05) is 22.0 Å². The molecular formula is C14H17BrN2. The lowest BCUT2D eigenvalue weighted by molar-refractivity contribution is 0.284. The molecule has 3 heteroatoms. The molecule has 90 valence electrons. The Morgan fingerprint density at radius 3 is 3.00 bits per heavy atom. The molecule has 1 aliphatic heterocycles. The van der Waals surface area contributed by atoms with Gasteiger partial charge in [0.05, 0.1) is 0 Å². The van der Waals surface area contributed by atoms with E-state index in [0.29, 0.717) is 6.04 Å². The molecular weight excluding hydrogens is 276 g/mol. The predicted octanol–water partition coefficient (Wildman–Crippen LogP) is 3.50. The van der Waals surface area contributed by atoms with Gasteiger partial charge in [-0.3, -0.25) is 0 Å². The fourth-order valence-electron chi connectivity index (χ4n) is 2.75. The van der Waals surface area contributed by atoms with Crippen molar-refractivity contribution in [3.63, 3.8) is 0 Å². The molecule has 1 atom stereocenters. The summed E-state index contributed by atoms with van der Waals surface area (Å²) in [4.78, 5) is 2.48. The molecule has 0 N–H and O–H groups in total. The van der Waals surface area contributed by atoms with Gasteiger partial charge in [-0.05, 0) is 50.0 Å². The number of likely N-dealkylation sites (tertiary alicyclic amines) is 1. The fraction of sp³-hybridized carbons (Fsp3) is 0.429. The highest BCUT2D eigenvalue weighted by molar-refractivity contribution is 9.10. The summed E-state index contributed by atoms with van der Waals surface area (Å²) < 4.78 is 3.54. The Labute approximate surface area is 110 Å². The second-order valence-electron chi connectivity index (χ2n) is 4.95. The quantitative estimate of drug-likeness (QED) is 0.822. The number of rotatable bonds is 2. The van der Waals surface area contributed by atoms with Gasteiger partial charge in [-0.25, -0.2) is 0 Å². The van der Waals surface area contributed by atoms with Gasteiger partial charge in [0.15, 0.2) is 0 Å². The maximum absolute atomic E-state index is 3.55. The van der Waals surface area contributed by atoms with Gasteiger partial charge in [0.1, 0.15) is 0 Å². The van der Waals surface area contributed by atoms with E-state index in [1.807, 2.05) is 0 Å². The van der Waals surface area contributed by atoms with Crippen LogP contribution in [0.2, 0.25) is 0 Å². The molecule has 3 rings (SSSR count). The summed E-state index contributed by atoms with van der Waals surface area (Å²) in [6.07, 6.45) is 4.87. The van der Waals surface area contributed by atoms with Crippen LogP contribution < -0.4 is 0 Å². The van der Waals surface area contributed by atoms with E-state index < -0.39 is 0 Å². The summed E-state index contributed by atoms with van der Waals surface area (Å²) >= 11 is 3.55. The number of benzene rings is 1. The van der Waals surface area contributed by atoms with Crippen molar-refractivity contribution in [2.24, 2.45) is 0 Å². The molecule has 0 amide bonds. The summed E-state index contributed by atoms with van der Waals surface area (Å²) in [5, 5.41) is 1.33. The van der Waals surface area contributed by atoms with E-state index >= 15 is 0 Å². The highest BCUT2D eigenvalue weighted by Gasteiger charge is 2.21. The molecule has 0 saturated carbocycles. The largest absolute Gasteiger partial charge is 0.346 e. The lowest BCUT2D eigenvalue weighted by atomic mass is 10.2. The van der Waals surface area contributed by atoms with Crippen LogP contribution in [0.15, 0.2) is 34.9 Å². The van der Waals surface area contributed by atoms with Crippen LogP contribution in [0.5, 0.6) is 0 Å². The third kappa shape index (κ3) is 2.14. The SMILES string of the molecule is CN1CCC[C@H]1Cn1ccc2ccc(Br)cc21. The summed E-state index contributed by atoms with van der Waals surface area (Å²) in [5.74, 6) is 0. The first-order valence-electron chi connectivity index (χ1n) is 6.19. The van der Waals surface area contributed by atoms with Gasteiger partial charge in [0, 0.05) is 28.8 Å². The van der Waals surface area contributed by atoms with Crippen LogP contribution in [0, 0.1) is 0 Å². The van der Waals surface area contributed by atoms with Crippen molar-refractivity contribution in [3.8, 4) is 0 Å². The normalized spacial score (nSPS) is 21.4. The van der Waals surface area contributed by atoms with Crippen LogP contribution in [-0.4, -0.2) is 29.1 Å². The molecule has 0 aliphatic carbocycles. The van der Waals surface area contributed by atoms with Crippen molar-refractivity contribution in [3.05, 3.63) is 34.9 Å². The minimum atomic E-state index is 0.699. The Balaban J connectivity index is 1.92. The number of nitrogens with zero attached hydrogens (tertiary/aromatic N) is 2. The van der Waals surface area contributed by atoms with Crippen molar-refractivity contribution < 1.29 is 0 Å². The van der Waals surface area contributed by atoms with Crippen LogP contribution in [0.1, 0.15) is 12.8 Å². The molecule has 1 aromatic heterocycles. The number of likely N-dealkylation sites (N-methyl/N-ethyl adjacent to an activating group) is 1. The number of fused-ring (bicyclic) bond motifs is 1. The van der Waals surface area contributed by atoms with Crippen LogP contribution in [-0.2, 0) is 6.54 Å². The molecule has 0 unspecified atom stereocenters. The molecule has 1 fully saturated rings. The number of hydrogen-bond donors (Lipinski definition) is 0. The highest BCUT2D eigenvalue weighted by atomic mass is 79.9. The molecule has 0 bridgehead atoms. The van der Waals surface area contributed by atoms with E-state index in [1.54, 1.807) is 0 Å². The lowest BCUT2D eigenvalue weighted by Gasteiger charge is -2.20. The minimum absolute atomic E-state index is 0.699. The third-order valence-corrected chi connectivity index (χ3v) is 4.31. The van der Waals surface area contributed by atoms with Crippen LogP contribution in [0.25, 0.3) is 10.9 Å². The topological polar surface area (TPSA) is 8.17 Å². The Hall–Kier alpha value is -0.800. The highest BCUT2D eigenvalue weighted by Crippen LogP contribution is 2.23. The lowest BCUT2D eigenvalue weighted by Crippen LogP contribution is -2.28. The van der Waals surface area contributed by atoms with Gasteiger partial charge in [0.25, 0.3) is 0 Å². The molecule has 1 aliphatic rings. The predicted molar refractivity (Wildman–Crippen MR) is 75.3 cm³/mol. The average molecular weight is 293 g/mol. The molecule has 0 radical (unpaired) electrons. The monoisotopic (exact) mass is 292 g/mol. The molecule has 2 heterocycles. The Morgan fingerprint density at radius 1 is 1.35 bits per heavy atom. The summed E-state index contributed by atoms with van der Waals surface area (Å²) in [7, 11) is 2.24. The standard InChI is InChI=1S/C14H17BrN2/c1-16-7-2-3-13(16)10-17-8-6-11-4-5-12(15)9-14(11)17/h4-6,8-9,13H,2-3,7,10H2,1H3/t13-/m0/s1. The van der Waals surface area contributed by atoms with Gasteiger partial charge in [-0.15, -0.1) is 0 Å². The molecule has 1 saturated heterocycles. The first-order valence-corrected chi connectivity index (χ1v) is 6.98. The van der Waals surface area contributed by atoms with Crippen molar-refractivity contribution in [2.75, 3.05) is 13.6 Å². The van der Waals surface area contributed by atoms with Crippen molar-refractivity contribution in [1.29, 1.82) is 0 Å². The molecule has 2 aromatic rings. The first-order chi connectivity index (χ1) is 8.24. The maximum atomic E-state index is 3.55. The zero-order valence-electron chi connectivity index (χ0n) is 10.1. The summed E-state index contributed by atoms with van der Waals surface area (Å²) in [6, 6.07) is 9.40. The molecule has 2 nitrogen and oxygen atoms in total. The van der Waals surface area contributed by atoms with Gasteiger partial charge < -0.3 is 9.47 Å². The van der Waals surface area contributed by atoms with Crippen molar-refractivity contribution in [2.45, 2.75) is 25.4 Å². The summed E-state index contributed by atoms with van der Waals surface area (Å²) in [6.45, 7) is 2.35. The smallest absolute Gasteiger partial charge is 0.0492 e. The Morgan fingerprint density at radius 2 is 2.24 bits per heavy atom. The fourth-order valence-corrected chi connectivity index (χ4v) is 3.10. The van der Waals surface area contributed by atoms with Crippen LogP contribution in [0.4, 0.5) is 0 Å². The van der Waals surface area contributed by atoms with E-state index in [-0.39, 0.29) is 0 Å². The van der Waals surface area contributed by atoms with Gasteiger partial charge in [0.2, 0.25) is 0 Å². The molecule has 1 aromatic carbocycles. The van der Waals surface area contributed by atoms with Crippen LogP contribution in [0.3, 0.4) is 0 Å². The van der Waals surface area contributed by atoms with Crippen molar-refractivity contribution >= 4 is 26.8 Å². The first kappa shape index (κ1) is 11.3. The summed E-state index contributed by atoms with van der Waals surface area (Å²) in [5.41, 5.74) is 1.33. The van der Waals surface area contributed by atoms with Crippen molar-refractivity contribution in [1.82, 2.24) is 9.47 Å². The zero-order valence-corrected chi connectivity index (χ0v) is 11.7. The average Bonchev–Trinajstić information content (AvgIpc) is 2.88. The van der Waals surface area contributed by atoms with E-state index in [1.165, 1.54) is 30.3 Å². The van der Waals surface area contributed by atoms with Crippen LogP contribution >= 0.6 is 15.9 Å². The number of halogens is 1. The third-order valence-electron chi connectivity index (χ3n) is 3.81. The van der Waals surface area contributed by atoms with Gasteiger partial charge in [-0.2, -0.15) is 0 Å². The van der Waals surface area contributed by atoms with Gasteiger partial charge >= 0.3 is 0 Å². The number of aromatic nitrogens is 1.